The molecule has 0 spiro atoms. The van der Waals surface area contributed by atoms with E-state index in [2.05, 4.69) is 55.5 Å². The van der Waals surface area contributed by atoms with Gasteiger partial charge in [-0.3, -0.25) is 14.5 Å². The van der Waals surface area contributed by atoms with Gasteiger partial charge in [0.05, 0.1) is 37.7 Å². The van der Waals surface area contributed by atoms with Gasteiger partial charge in [0.2, 0.25) is 11.8 Å². The van der Waals surface area contributed by atoms with Crippen molar-refractivity contribution < 1.29 is 32.2 Å². The van der Waals surface area contributed by atoms with E-state index in [0.29, 0.717) is 37.7 Å². The molecule has 0 bridgehead atoms. The third-order valence-corrected chi connectivity index (χ3v) is 13.9. The van der Waals surface area contributed by atoms with Gasteiger partial charge in [-0.05, 0) is 86.3 Å². The molecule has 8 rings (SSSR count). The third-order valence-electron chi connectivity index (χ3n) is 12.1. The average Bonchev–Trinajstić information content (AvgIpc) is 3.75. The van der Waals surface area contributed by atoms with Crippen LogP contribution in [0.3, 0.4) is 0 Å². The fourth-order valence-electron chi connectivity index (χ4n) is 8.54. The van der Waals surface area contributed by atoms with Crippen molar-refractivity contribution in [3.8, 4) is 11.6 Å². The van der Waals surface area contributed by atoms with Crippen LogP contribution in [0.2, 0.25) is 10.0 Å². The molecule has 0 radical (unpaired) electrons. The second-order valence-corrected chi connectivity index (χ2v) is 20.5. The summed E-state index contributed by atoms with van der Waals surface area (Å²) >= 11 is 12.7. The maximum Gasteiger partial charge on any atom is 0.268 e. The molecule has 15 nitrogen and oxygen atoms in total. The Bertz CT molecular complexity index is 2590. The van der Waals surface area contributed by atoms with Crippen LogP contribution in [-0.4, -0.2) is 138 Å². The molecule has 2 aromatic carbocycles. The van der Waals surface area contributed by atoms with E-state index in [1.54, 1.807) is 34.3 Å². The highest BCUT2D eigenvalue weighted by Gasteiger charge is 2.31. The van der Waals surface area contributed by atoms with Crippen molar-refractivity contribution in [1.29, 1.82) is 0 Å². The molecule has 4 aliphatic heterocycles. The van der Waals surface area contributed by atoms with Crippen LogP contribution in [0.15, 0.2) is 98.8 Å². The Morgan fingerprint density at radius 1 is 1.03 bits per heavy atom. The lowest BCUT2D eigenvalue weighted by atomic mass is 9.72. The van der Waals surface area contributed by atoms with E-state index in [1.807, 2.05) is 38.4 Å². The number of ether oxygens (including phenoxy) is 3. The van der Waals surface area contributed by atoms with Crippen LogP contribution in [0.25, 0.3) is 5.57 Å². The molecule has 1 aromatic heterocycles. The van der Waals surface area contributed by atoms with E-state index in [4.69, 9.17) is 37.4 Å². The quantitative estimate of drug-likeness (QED) is 0.188. The van der Waals surface area contributed by atoms with E-state index in [1.165, 1.54) is 16.7 Å². The number of halogens is 2. The first kappa shape index (κ1) is 46.4. The van der Waals surface area contributed by atoms with Crippen LogP contribution in [0, 0.1) is 5.41 Å². The van der Waals surface area contributed by atoms with E-state index in [-0.39, 0.29) is 51.6 Å². The lowest BCUT2D eigenvalue weighted by molar-refractivity contribution is -0.140. The Morgan fingerprint density at radius 3 is 2.57 bits per heavy atom. The molecule has 1 aliphatic carbocycles. The minimum Gasteiger partial charge on any atom is -0.474 e. The summed E-state index contributed by atoms with van der Waals surface area (Å²) in [4.78, 5) is 47.3. The predicted octanol–water partition coefficient (Wildman–Crippen LogP) is 6.49. The summed E-state index contributed by atoms with van der Waals surface area (Å²) in [6.45, 7) is 10.2. The number of nitrogens with zero attached hydrogens (tertiary/aromatic N) is 7. The molecule has 3 aromatic rings. The van der Waals surface area contributed by atoms with E-state index >= 15 is 0 Å². The zero-order valence-corrected chi connectivity index (χ0v) is 39.4. The van der Waals surface area contributed by atoms with Gasteiger partial charge in [-0.2, -0.15) is 0 Å². The van der Waals surface area contributed by atoms with Crippen LogP contribution in [0.1, 0.15) is 55.5 Å². The first-order valence-electron chi connectivity index (χ1n) is 21.8. The maximum absolute atomic E-state index is 13.9. The molecule has 65 heavy (non-hydrogen) atoms. The van der Waals surface area contributed by atoms with Gasteiger partial charge in [0, 0.05) is 74.3 Å². The number of hydrogen-bond donors (Lipinski definition) is 1. The van der Waals surface area contributed by atoms with Crippen LogP contribution < -0.4 is 19.1 Å². The standard InChI is InChI=1S/C47H54Cl2N8O7S/c1-47(2)13-11-33(40(24-47)31-5-7-34(48)8-6-31)27-55-15-17-56(18-16-55)35-9-10-39(42(22-35)64-36-21-32-12-14-50-44(32)51-25-36)45(59)53-65(60,61)38-23-41(49)46(52-26-38)63-30-37-28-57(19-20-62-37)43(58)29-54(3)4/h5-10,12,14,22-23,25-26,37H,11,13,15-21,24,27-30H2,1-4H3,(H,53,59)/t37-/m0/s1. The fraction of sp³-hybridized carbons (Fsp3) is 0.426. The summed E-state index contributed by atoms with van der Waals surface area (Å²) in [6.07, 6.45) is 9.34. The molecule has 2 amide bonds. The van der Waals surface area contributed by atoms with Crippen LogP contribution in [-0.2, 0) is 19.6 Å². The minimum atomic E-state index is -4.47. The number of sulfonamides is 1. The molecule has 0 saturated carbocycles. The molecule has 1 atom stereocenters. The van der Waals surface area contributed by atoms with E-state index < -0.39 is 22.0 Å². The number of hydrogen-bond acceptors (Lipinski definition) is 13. The zero-order chi connectivity index (χ0) is 45.9. The molecule has 1 N–H and O–H groups in total. The Balaban J connectivity index is 0.948. The van der Waals surface area contributed by atoms with Gasteiger partial charge in [-0.25, -0.2) is 28.1 Å². The van der Waals surface area contributed by atoms with Gasteiger partial charge < -0.3 is 28.9 Å². The molecule has 2 fully saturated rings. The van der Waals surface area contributed by atoms with Crippen molar-refractivity contribution in [2.75, 3.05) is 84.6 Å². The molecular weight excluding hydrogens is 892 g/mol. The fourth-order valence-corrected chi connectivity index (χ4v) is 9.89. The molecule has 2 saturated heterocycles. The molecule has 5 heterocycles. The number of morpholine rings is 1. The monoisotopic (exact) mass is 944 g/mol. The van der Waals surface area contributed by atoms with Crippen molar-refractivity contribution in [3.63, 3.8) is 0 Å². The van der Waals surface area contributed by atoms with Crippen molar-refractivity contribution in [2.24, 2.45) is 15.4 Å². The number of amidine groups is 1. The number of pyridine rings is 1. The van der Waals surface area contributed by atoms with Crippen LogP contribution in [0.4, 0.5) is 5.69 Å². The lowest BCUT2D eigenvalue weighted by Gasteiger charge is -2.39. The average molecular weight is 946 g/mol. The number of rotatable bonds is 14. The number of fused-ring (bicyclic) bond motifs is 1. The SMILES string of the molecule is CN(C)CC(=O)N1CCO[C@H](COc2ncc(S(=O)(=O)NC(=O)c3ccc(N4CCN(CC5=C(c6ccc(Cl)cc6)CC(C)(C)CC5)CC4)cc3OC3=CN=C4N=CC=C4C3)cc2Cl)C1. The zero-order valence-electron chi connectivity index (χ0n) is 37.1. The largest absolute Gasteiger partial charge is 0.474 e. The van der Waals surface area contributed by atoms with Crippen molar-refractivity contribution in [1.82, 2.24) is 24.4 Å². The maximum atomic E-state index is 13.9. The number of aromatic nitrogens is 1. The second-order valence-electron chi connectivity index (χ2n) is 17.9. The Morgan fingerprint density at radius 2 is 1.82 bits per heavy atom. The number of aliphatic imine (C=N–C) groups is 2. The first-order chi connectivity index (χ1) is 31.1. The molecular formula is C47H54Cl2N8O7S. The highest BCUT2D eigenvalue weighted by atomic mass is 35.5. The van der Waals surface area contributed by atoms with E-state index in [9.17, 15) is 18.0 Å². The van der Waals surface area contributed by atoms with Crippen molar-refractivity contribution >= 4 is 68.4 Å². The summed E-state index contributed by atoms with van der Waals surface area (Å²) in [6, 6.07) is 14.5. The van der Waals surface area contributed by atoms with Gasteiger partial charge in [-0.15, -0.1) is 0 Å². The molecule has 0 unspecified atom stereocenters. The predicted molar refractivity (Wildman–Crippen MR) is 253 cm³/mol. The first-order valence-corrected chi connectivity index (χ1v) is 24.0. The lowest BCUT2D eigenvalue weighted by Crippen LogP contribution is -2.49. The highest BCUT2D eigenvalue weighted by Crippen LogP contribution is 2.43. The smallest absolute Gasteiger partial charge is 0.268 e. The van der Waals surface area contributed by atoms with Gasteiger partial charge in [-0.1, -0.05) is 54.8 Å². The number of amides is 2. The number of nitrogens with one attached hydrogen (secondary N) is 1. The summed E-state index contributed by atoms with van der Waals surface area (Å²) in [5.74, 6) is 0.314. The Hall–Kier alpha value is -5.10. The second kappa shape index (κ2) is 19.8. The van der Waals surface area contributed by atoms with Crippen LogP contribution >= 0.6 is 23.2 Å². The number of anilines is 1. The number of likely N-dealkylation sites (N-methyl/N-ethyl adjacent to an activating group) is 1. The number of carbonyl (C=O) groups excluding carboxylic acids is 2. The molecule has 5 aliphatic rings. The van der Waals surface area contributed by atoms with Gasteiger partial charge in [0.25, 0.3) is 15.9 Å². The minimum absolute atomic E-state index is 0.00905. The van der Waals surface area contributed by atoms with E-state index in [0.717, 1.165) is 80.5 Å². The Labute approximate surface area is 390 Å². The number of carbonyl (C=O) groups is 2. The van der Waals surface area contributed by atoms with Gasteiger partial charge >= 0.3 is 0 Å². The normalized spacial score (nSPS) is 20.0. The molecule has 18 heteroatoms. The molecule has 344 valence electrons. The third kappa shape index (κ3) is 11.5. The topological polar surface area (TPSA) is 159 Å². The number of piperazine rings is 1. The number of benzene rings is 2. The van der Waals surface area contributed by atoms with Crippen LogP contribution in [0.5, 0.6) is 11.6 Å². The summed E-state index contributed by atoms with van der Waals surface area (Å²) in [5.41, 5.74) is 6.08. The summed E-state index contributed by atoms with van der Waals surface area (Å²) < 4.78 is 47.5. The van der Waals surface area contributed by atoms with Gasteiger partial charge in [0.15, 0.2) is 5.84 Å². The highest BCUT2D eigenvalue weighted by molar-refractivity contribution is 7.90. The Kier molecular flexibility index (Phi) is 14.1. The number of allylic oxidation sites excluding steroid dienone is 3. The van der Waals surface area contributed by atoms with Gasteiger partial charge in [0.1, 0.15) is 34.1 Å². The van der Waals surface area contributed by atoms with Crippen molar-refractivity contribution in [3.05, 3.63) is 105 Å². The summed E-state index contributed by atoms with van der Waals surface area (Å²) in [5, 5.41) is 0.650. The van der Waals surface area contributed by atoms with Crippen molar-refractivity contribution in [2.45, 2.75) is 50.5 Å². The summed E-state index contributed by atoms with van der Waals surface area (Å²) in [7, 11) is -0.813.